The molecule has 146 valence electrons. The molecule has 5 heteroatoms. The van der Waals surface area contributed by atoms with Crippen LogP contribution in [0.5, 0.6) is 0 Å². The van der Waals surface area contributed by atoms with Crippen LogP contribution in [0.25, 0.3) is 0 Å². The number of nitrogens with zero attached hydrogens (tertiary/aromatic N) is 1. The van der Waals surface area contributed by atoms with Crippen LogP contribution in [0.15, 0.2) is 24.3 Å². The Morgan fingerprint density at radius 1 is 1.00 bits per heavy atom. The smallest absolute Gasteiger partial charge is 0.123 e. The van der Waals surface area contributed by atoms with Gasteiger partial charge in [-0.15, -0.1) is 0 Å². The first kappa shape index (κ1) is 19.7. The predicted octanol–water partition coefficient (Wildman–Crippen LogP) is 3.28. The quantitative estimate of drug-likeness (QED) is 0.779. The molecule has 1 heterocycles. The molecule has 0 amide bonds. The van der Waals surface area contributed by atoms with E-state index in [1.807, 2.05) is 0 Å². The minimum absolute atomic E-state index is 0.187. The number of hydrogen-bond donors (Lipinski definition) is 2. The van der Waals surface area contributed by atoms with Crippen LogP contribution in [0.1, 0.15) is 56.6 Å². The highest BCUT2D eigenvalue weighted by atomic mass is 19.1. The number of rotatable bonds is 7. The van der Waals surface area contributed by atoms with E-state index in [1.54, 1.807) is 12.1 Å². The molecule has 0 radical (unpaired) electrons. The van der Waals surface area contributed by atoms with Crippen molar-refractivity contribution in [3.8, 4) is 0 Å². The van der Waals surface area contributed by atoms with E-state index in [2.05, 4.69) is 4.90 Å². The third kappa shape index (κ3) is 5.74. The molecule has 26 heavy (non-hydrogen) atoms. The van der Waals surface area contributed by atoms with Crippen molar-refractivity contribution >= 4 is 0 Å². The zero-order chi connectivity index (χ0) is 18.4. The van der Waals surface area contributed by atoms with Gasteiger partial charge in [0.15, 0.2) is 0 Å². The van der Waals surface area contributed by atoms with Gasteiger partial charge in [0, 0.05) is 6.54 Å². The van der Waals surface area contributed by atoms with E-state index in [0.29, 0.717) is 19.3 Å². The van der Waals surface area contributed by atoms with Gasteiger partial charge >= 0.3 is 0 Å². The van der Waals surface area contributed by atoms with Gasteiger partial charge in [0.1, 0.15) is 5.82 Å². The average Bonchev–Trinajstić information content (AvgIpc) is 2.68. The second kappa shape index (κ2) is 9.79. The number of ether oxygens (including phenoxy) is 1. The van der Waals surface area contributed by atoms with Crippen LogP contribution in [0, 0.1) is 11.7 Å². The zero-order valence-corrected chi connectivity index (χ0v) is 15.5. The second-order valence-corrected chi connectivity index (χ2v) is 7.88. The van der Waals surface area contributed by atoms with Gasteiger partial charge in [-0.3, -0.25) is 0 Å². The van der Waals surface area contributed by atoms with Crippen LogP contribution >= 0.6 is 0 Å². The maximum absolute atomic E-state index is 13.0. The lowest BCUT2D eigenvalue weighted by atomic mass is 9.87. The van der Waals surface area contributed by atoms with E-state index in [9.17, 15) is 14.6 Å². The summed E-state index contributed by atoms with van der Waals surface area (Å²) >= 11 is 0. The van der Waals surface area contributed by atoms with Gasteiger partial charge < -0.3 is 19.8 Å². The fourth-order valence-corrected chi connectivity index (χ4v) is 4.21. The molecular formula is C21H32FNO3. The SMILES string of the molecule is OC(COC1CCCCC1)CN1CCC(C(O)c2ccc(F)cc2)CC1. The number of aliphatic hydroxyl groups excluding tert-OH is 2. The van der Waals surface area contributed by atoms with Gasteiger partial charge in [-0.25, -0.2) is 4.39 Å². The summed E-state index contributed by atoms with van der Waals surface area (Å²) < 4.78 is 18.9. The van der Waals surface area contributed by atoms with E-state index in [1.165, 1.54) is 31.4 Å². The molecule has 2 unspecified atom stereocenters. The Balaban J connectivity index is 1.37. The summed E-state index contributed by atoms with van der Waals surface area (Å²) in [6.45, 7) is 2.78. The molecule has 2 atom stereocenters. The topological polar surface area (TPSA) is 52.9 Å². The highest BCUT2D eigenvalue weighted by Crippen LogP contribution is 2.30. The summed E-state index contributed by atoms with van der Waals surface area (Å²) in [5.41, 5.74) is 0.783. The molecule has 2 fully saturated rings. The maximum atomic E-state index is 13.0. The van der Waals surface area contributed by atoms with Crippen molar-refractivity contribution in [2.75, 3.05) is 26.2 Å². The molecule has 2 N–H and O–H groups in total. The number of β-amino-alcohol motifs (C(OH)–C–C–N with tert-alkyl or cyclic N) is 1. The van der Waals surface area contributed by atoms with E-state index >= 15 is 0 Å². The molecule has 1 aliphatic heterocycles. The Morgan fingerprint density at radius 3 is 2.31 bits per heavy atom. The molecule has 3 rings (SSSR count). The van der Waals surface area contributed by atoms with Crippen LogP contribution in [-0.2, 0) is 4.74 Å². The van der Waals surface area contributed by atoms with Gasteiger partial charge in [-0.05, 0) is 62.4 Å². The van der Waals surface area contributed by atoms with Gasteiger partial charge in [0.2, 0.25) is 0 Å². The summed E-state index contributed by atoms with van der Waals surface area (Å²) in [4.78, 5) is 2.25. The minimum atomic E-state index is -0.544. The summed E-state index contributed by atoms with van der Waals surface area (Å²) in [5.74, 6) is -0.0902. The third-order valence-corrected chi connectivity index (χ3v) is 5.84. The van der Waals surface area contributed by atoms with Crippen molar-refractivity contribution in [2.45, 2.75) is 63.3 Å². The van der Waals surface area contributed by atoms with Crippen molar-refractivity contribution in [3.63, 3.8) is 0 Å². The Kier molecular flexibility index (Phi) is 7.43. The number of hydrogen-bond acceptors (Lipinski definition) is 4. The zero-order valence-electron chi connectivity index (χ0n) is 15.5. The number of piperidine rings is 1. The van der Waals surface area contributed by atoms with Gasteiger partial charge in [-0.1, -0.05) is 31.4 Å². The van der Waals surface area contributed by atoms with E-state index in [4.69, 9.17) is 4.74 Å². The number of halogens is 1. The van der Waals surface area contributed by atoms with E-state index < -0.39 is 12.2 Å². The summed E-state index contributed by atoms with van der Waals surface area (Å²) in [5, 5.41) is 20.8. The standard InChI is InChI=1S/C21H32FNO3/c22-18-8-6-16(7-9-18)21(25)17-10-12-23(13-11-17)14-19(24)15-26-20-4-2-1-3-5-20/h6-9,17,19-21,24-25H,1-5,10-15H2. The molecule has 0 aromatic heterocycles. The molecule has 4 nitrogen and oxygen atoms in total. The minimum Gasteiger partial charge on any atom is -0.389 e. The Bertz CT molecular complexity index is 525. The van der Waals surface area contributed by atoms with Crippen molar-refractivity contribution < 1.29 is 19.3 Å². The van der Waals surface area contributed by atoms with Crippen LogP contribution in [0.3, 0.4) is 0 Å². The van der Waals surface area contributed by atoms with Gasteiger partial charge in [-0.2, -0.15) is 0 Å². The van der Waals surface area contributed by atoms with Crippen molar-refractivity contribution in [3.05, 3.63) is 35.6 Å². The summed E-state index contributed by atoms with van der Waals surface area (Å²) in [6, 6.07) is 6.13. The largest absolute Gasteiger partial charge is 0.389 e. The maximum Gasteiger partial charge on any atom is 0.123 e. The molecule has 1 saturated heterocycles. The highest BCUT2D eigenvalue weighted by molar-refractivity contribution is 5.19. The van der Waals surface area contributed by atoms with Crippen molar-refractivity contribution in [1.29, 1.82) is 0 Å². The lowest BCUT2D eigenvalue weighted by Gasteiger charge is -2.35. The summed E-state index contributed by atoms with van der Waals surface area (Å²) in [7, 11) is 0. The molecule has 2 aliphatic rings. The summed E-state index contributed by atoms with van der Waals surface area (Å²) in [6.07, 6.45) is 7.14. The van der Waals surface area contributed by atoms with Crippen molar-refractivity contribution in [2.24, 2.45) is 5.92 Å². The predicted molar refractivity (Wildman–Crippen MR) is 99.4 cm³/mol. The van der Waals surface area contributed by atoms with Gasteiger partial charge in [0.25, 0.3) is 0 Å². The van der Waals surface area contributed by atoms with Crippen LogP contribution in [0.2, 0.25) is 0 Å². The van der Waals surface area contributed by atoms with Gasteiger partial charge in [0.05, 0.1) is 24.9 Å². The molecule has 1 saturated carbocycles. The first-order valence-corrected chi connectivity index (χ1v) is 10.1. The normalized spacial score (nSPS) is 23.0. The highest BCUT2D eigenvalue weighted by Gasteiger charge is 2.27. The van der Waals surface area contributed by atoms with Crippen LogP contribution in [0.4, 0.5) is 4.39 Å². The second-order valence-electron chi connectivity index (χ2n) is 7.88. The number of benzene rings is 1. The van der Waals surface area contributed by atoms with E-state index in [-0.39, 0.29) is 11.7 Å². The molecule has 1 aromatic rings. The van der Waals surface area contributed by atoms with E-state index in [0.717, 1.165) is 44.3 Å². The molecule has 0 spiro atoms. The number of aliphatic hydroxyl groups is 2. The average molecular weight is 365 g/mol. The fourth-order valence-electron chi connectivity index (χ4n) is 4.21. The molecular weight excluding hydrogens is 333 g/mol. The lowest BCUT2D eigenvalue weighted by Crippen LogP contribution is -2.41. The first-order valence-electron chi connectivity index (χ1n) is 10.1. The molecule has 1 aromatic carbocycles. The first-order chi connectivity index (χ1) is 12.6. The fraction of sp³-hybridized carbons (Fsp3) is 0.714. The van der Waals surface area contributed by atoms with Crippen LogP contribution < -0.4 is 0 Å². The lowest BCUT2D eigenvalue weighted by molar-refractivity contribution is -0.0383. The van der Waals surface area contributed by atoms with Crippen molar-refractivity contribution in [1.82, 2.24) is 4.90 Å². The Labute approximate surface area is 156 Å². The molecule has 0 bridgehead atoms. The number of likely N-dealkylation sites (tertiary alicyclic amines) is 1. The van der Waals surface area contributed by atoms with Crippen LogP contribution in [-0.4, -0.2) is 53.6 Å². The molecule has 1 aliphatic carbocycles. The Hall–Kier alpha value is -1.01. The third-order valence-electron chi connectivity index (χ3n) is 5.84. The monoisotopic (exact) mass is 365 g/mol. The Morgan fingerprint density at radius 2 is 1.65 bits per heavy atom.